The van der Waals surface area contributed by atoms with Gasteiger partial charge < -0.3 is 4.74 Å². The molecule has 0 spiro atoms. The Bertz CT molecular complexity index is 425. The highest BCUT2D eigenvalue weighted by atomic mass is 35.5. The molecule has 16 heavy (non-hydrogen) atoms. The number of nitrogens with zero attached hydrogens (tertiary/aromatic N) is 1. The zero-order valence-corrected chi connectivity index (χ0v) is 10.1. The SMILES string of the molecule is C=C(Cl)COc1c(Cl)cc([N+](=O)[O-])cc1Cl. The molecule has 1 aromatic carbocycles. The van der Waals surface area contributed by atoms with E-state index >= 15 is 0 Å². The van der Waals surface area contributed by atoms with Gasteiger partial charge in [0.15, 0.2) is 5.75 Å². The summed E-state index contributed by atoms with van der Waals surface area (Å²) in [7, 11) is 0. The first kappa shape index (κ1) is 13.1. The number of halogens is 3. The van der Waals surface area contributed by atoms with Crippen LogP contribution in [0.2, 0.25) is 10.0 Å². The van der Waals surface area contributed by atoms with Crippen LogP contribution in [0.15, 0.2) is 23.7 Å². The van der Waals surface area contributed by atoms with Crippen molar-refractivity contribution in [3.8, 4) is 5.75 Å². The Balaban J connectivity index is 3.03. The summed E-state index contributed by atoms with van der Waals surface area (Å²) in [5, 5.41) is 10.9. The van der Waals surface area contributed by atoms with Crippen molar-refractivity contribution in [2.45, 2.75) is 0 Å². The van der Waals surface area contributed by atoms with E-state index in [2.05, 4.69) is 6.58 Å². The average molecular weight is 283 g/mol. The summed E-state index contributed by atoms with van der Waals surface area (Å²) < 4.78 is 5.15. The van der Waals surface area contributed by atoms with E-state index in [1.807, 2.05) is 0 Å². The minimum atomic E-state index is -0.595. The Morgan fingerprint density at radius 3 is 2.31 bits per heavy atom. The van der Waals surface area contributed by atoms with Gasteiger partial charge in [0.25, 0.3) is 5.69 Å². The van der Waals surface area contributed by atoms with E-state index in [1.165, 1.54) is 0 Å². The second-order valence-corrected chi connectivity index (χ2v) is 4.15. The predicted molar refractivity (Wildman–Crippen MR) is 63.6 cm³/mol. The lowest BCUT2D eigenvalue weighted by atomic mass is 10.3. The first-order valence-corrected chi connectivity index (χ1v) is 5.14. The van der Waals surface area contributed by atoms with Crippen molar-refractivity contribution in [3.05, 3.63) is 43.9 Å². The molecule has 0 N–H and O–H groups in total. The second kappa shape index (κ2) is 5.39. The van der Waals surface area contributed by atoms with Gasteiger partial charge in [0.2, 0.25) is 0 Å². The lowest BCUT2D eigenvalue weighted by Gasteiger charge is -2.08. The molecule has 0 saturated carbocycles. The second-order valence-electron chi connectivity index (χ2n) is 2.80. The lowest BCUT2D eigenvalue weighted by Crippen LogP contribution is -1.98. The number of nitro groups is 1. The van der Waals surface area contributed by atoms with Crippen molar-refractivity contribution < 1.29 is 9.66 Å². The van der Waals surface area contributed by atoms with Crippen molar-refractivity contribution in [1.82, 2.24) is 0 Å². The number of hydrogen-bond donors (Lipinski definition) is 0. The first-order valence-electron chi connectivity index (χ1n) is 4.01. The number of ether oxygens (including phenoxy) is 1. The number of benzene rings is 1. The van der Waals surface area contributed by atoms with Gasteiger partial charge in [-0.25, -0.2) is 0 Å². The summed E-state index contributed by atoms with van der Waals surface area (Å²) in [4.78, 5) is 9.90. The maximum atomic E-state index is 10.5. The van der Waals surface area contributed by atoms with E-state index in [1.54, 1.807) is 0 Å². The van der Waals surface area contributed by atoms with Crippen LogP contribution in [0, 0.1) is 10.1 Å². The largest absolute Gasteiger partial charge is 0.485 e. The summed E-state index contributed by atoms with van der Waals surface area (Å²) in [6.45, 7) is 3.45. The fourth-order valence-electron chi connectivity index (χ4n) is 0.940. The van der Waals surface area contributed by atoms with Crippen LogP contribution >= 0.6 is 34.8 Å². The third kappa shape index (κ3) is 3.27. The normalized spacial score (nSPS) is 9.94. The van der Waals surface area contributed by atoms with E-state index in [0.717, 1.165) is 12.1 Å². The molecule has 4 nitrogen and oxygen atoms in total. The van der Waals surface area contributed by atoms with Gasteiger partial charge >= 0.3 is 0 Å². The Morgan fingerprint density at radius 2 is 1.94 bits per heavy atom. The van der Waals surface area contributed by atoms with E-state index in [-0.39, 0.29) is 33.1 Å². The monoisotopic (exact) mass is 281 g/mol. The van der Waals surface area contributed by atoms with Gasteiger partial charge in [0.05, 0.1) is 15.0 Å². The van der Waals surface area contributed by atoms with Gasteiger partial charge in [-0.3, -0.25) is 10.1 Å². The van der Waals surface area contributed by atoms with Gasteiger partial charge in [-0.1, -0.05) is 41.4 Å². The maximum absolute atomic E-state index is 10.5. The summed E-state index contributed by atoms with van der Waals surface area (Å²) in [5.41, 5.74) is -0.202. The lowest BCUT2D eigenvalue weighted by molar-refractivity contribution is -0.384. The van der Waals surface area contributed by atoms with Crippen LogP contribution in [-0.2, 0) is 0 Å². The summed E-state index contributed by atoms with van der Waals surface area (Å²) in [6, 6.07) is 2.31. The molecule has 0 heterocycles. The van der Waals surface area contributed by atoms with E-state index in [0.29, 0.717) is 0 Å². The van der Waals surface area contributed by atoms with Crippen molar-refractivity contribution in [1.29, 1.82) is 0 Å². The Kier molecular flexibility index (Phi) is 4.41. The topological polar surface area (TPSA) is 52.4 Å². The van der Waals surface area contributed by atoms with Crippen molar-refractivity contribution >= 4 is 40.5 Å². The Hall–Kier alpha value is -0.970. The highest BCUT2D eigenvalue weighted by Gasteiger charge is 2.15. The van der Waals surface area contributed by atoms with Crippen LogP contribution in [0.3, 0.4) is 0 Å². The number of rotatable bonds is 4. The average Bonchev–Trinajstić information content (AvgIpc) is 2.15. The zero-order valence-electron chi connectivity index (χ0n) is 7.87. The minimum absolute atomic E-state index is 0.0266. The molecule has 0 aliphatic carbocycles. The first-order chi connectivity index (χ1) is 7.41. The van der Waals surface area contributed by atoms with Crippen LogP contribution in [0.5, 0.6) is 5.75 Å². The minimum Gasteiger partial charge on any atom is -0.485 e. The summed E-state index contributed by atoms with van der Waals surface area (Å²) in [5.74, 6) is 0.149. The van der Waals surface area contributed by atoms with Crippen molar-refractivity contribution in [2.75, 3.05) is 6.61 Å². The molecule has 1 aromatic rings. The molecule has 86 valence electrons. The molecule has 0 aliphatic rings. The molecule has 0 aliphatic heterocycles. The molecular formula is C9H6Cl3NO3. The van der Waals surface area contributed by atoms with Gasteiger partial charge in [-0.05, 0) is 0 Å². The Labute approximate surface area is 107 Å². The molecule has 0 fully saturated rings. The molecular weight excluding hydrogens is 276 g/mol. The number of nitro benzene ring substituents is 1. The third-order valence-electron chi connectivity index (χ3n) is 1.57. The van der Waals surface area contributed by atoms with Crippen molar-refractivity contribution in [2.24, 2.45) is 0 Å². The fourth-order valence-corrected chi connectivity index (χ4v) is 1.58. The van der Waals surface area contributed by atoms with Gasteiger partial charge in [0, 0.05) is 17.2 Å². The fraction of sp³-hybridized carbons (Fsp3) is 0.111. The Morgan fingerprint density at radius 1 is 1.44 bits per heavy atom. The van der Waals surface area contributed by atoms with Crippen LogP contribution in [0.4, 0.5) is 5.69 Å². The number of hydrogen-bond acceptors (Lipinski definition) is 3. The van der Waals surface area contributed by atoms with Crippen LogP contribution in [0.25, 0.3) is 0 Å². The predicted octanol–water partition coefficient (Wildman–Crippen LogP) is 4.03. The summed E-state index contributed by atoms with van der Waals surface area (Å²) >= 11 is 17.1. The quantitative estimate of drug-likeness (QED) is 0.619. The highest BCUT2D eigenvalue weighted by molar-refractivity contribution is 6.37. The smallest absolute Gasteiger partial charge is 0.272 e. The highest BCUT2D eigenvalue weighted by Crippen LogP contribution is 2.36. The molecule has 0 aromatic heterocycles. The maximum Gasteiger partial charge on any atom is 0.272 e. The zero-order chi connectivity index (χ0) is 12.3. The molecule has 0 amide bonds. The van der Waals surface area contributed by atoms with Crippen LogP contribution in [0.1, 0.15) is 0 Å². The van der Waals surface area contributed by atoms with E-state index in [9.17, 15) is 10.1 Å². The molecule has 7 heteroatoms. The molecule has 0 unspecified atom stereocenters. The van der Waals surface area contributed by atoms with Gasteiger partial charge in [-0.2, -0.15) is 0 Å². The van der Waals surface area contributed by atoms with Crippen LogP contribution < -0.4 is 4.74 Å². The number of non-ortho nitro benzene ring substituents is 1. The van der Waals surface area contributed by atoms with Crippen LogP contribution in [-0.4, -0.2) is 11.5 Å². The molecule has 1 rings (SSSR count). The van der Waals surface area contributed by atoms with E-state index in [4.69, 9.17) is 39.5 Å². The van der Waals surface area contributed by atoms with E-state index < -0.39 is 4.92 Å². The third-order valence-corrected chi connectivity index (χ3v) is 2.24. The molecule has 0 bridgehead atoms. The molecule has 0 radical (unpaired) electrons. The summed E-state index contributed by atoms with van der Waals surface area (Å²) in [6.07, 6.45) is 0. The molecule has 0 saturated heterocycles. The molecule has 0 atom stereocenters. The van der Waals surface area contributed by atoms with Gasteiger partial charge in [-0.15, -0.1) is 0 Å². The van der Waals surface area contributed by atoms with Crippen molar-refractivity contribution in [3.63, 3.8) is 0 Å². The van der Waals surface area contributed by atoms with Gasteiger partial charge in [0.1, 0.15) is 6.61 Å². The standard InChI is InChI=1S/C9H6Cl3NO3/c1-5(10)4-16-9-7(11)2-6(13(14)15)3-8(9)12/h2-3H,1,4H2.